The molecule has 1 aliphatic rings. The van der Waals surface area contributed by atoms with Crippen LogP contribution in [0.5, 0.6) is 0 Å². The second-order valence-corrected chi connectivity index (χ2v) is 21.1. The first-order chi connectivity index (χ1) is 30.4. The molecule has 0 N–H and O–H groups in total. The van der Waals surface area contributed by atoms with E-state index in [-0.39, 0.29) is 0 Å². The summed E-state index contributed by atoms with van der Waals surface area (Å²) in [6, 6.07) is 54.9. The van der Waals surface area contributed by atoms with E-state index in [0.29, 0.717) is 0 Å². The van der Waals surface area contributed by atoms with Crippen molar-refractivity contribution < 1.29 is 20.8 Å². The molecule has 0 aromatic heterocycles. The number of halogens is 2. The van der Waals surface area contributed by atoms with Crippen LogP contribution in [0.1, 0.15) is 101 Å². The molecular weight excluding hydrogens is 887 g/mol. The Labute approximate surface area is 394 Å². The second-order valence-electron chi connectivity index (χ2n) is 16.1. The number of benzene rings is 6. The zero-order chi connectivity index (χ0) is 43.8. The van der Waals surface area contributed by atoms with Crippen molar-refractivity contribution in [2.24, 2.45) is 0 Å². The Balaban J connectivity index is 0.000000155. The van der Waals surface area contributed by atoms with Crippen LogP contribution in [0.2, 0.25) is 0 Å². The molecule has 0 atom stereocenters. The molecule has 9 rings (SSSR count). The van der Waals surface area contributed by atoms with Crippen molar-refractivity contribution in [3.8, 4) is 33.4 Å². The molecule has 1 aliphatic heterocycles. The van der Waals surface area contributed by atoms with E-state index < -0.39 is 20.8 Å². The Kier molecular flexibility index (Phi) is 18.7. The molecule has 0 bridgehead atoms. The van der Waals surface area contributed by atoms with E-state index in [1.807, 2.05) is 6.07 Å². The van der Waals surface area contributed by atoms with Gasteiger partial charge in [-0.15, -0.1) is 74.6 Å². The maximum Gasteiger partial charge on any atom is 0.0920 e. The average Bonchev–Trinajstić information content (AvgIpc) is 4.05. The molecule has 0 spiro atoms. The zero-order valence-corrected chi connectivity index (χ0v) is 42.6. The molecule has 0 saturated carbocycles. The van der Waals surface area contributed by atoms with Crippen LogP contribution < -0.4 is 10.4 Å². The fraction of sp³-hybridized carbons (Fsp3) is 0.276. The number of hydrogen-bond acceptors (Lipinski definition) is 0. The molecule has 2 radical (unpaired) electrons. The summed E-state index contributed by atoms with van der Waals surface area (Å²) in [6.45, 7) is 13.6. The van der Waals surface area contributed by atoms with Gasteiger partial charge in [0.1, 0.15) is 0 Å². The van der Waals surface area contributed by atoms with Gasteiger partial charge >= 0.3 is 37.9 Å². The first-order valence-electron chi connectivity index (χ1n) is 22.8. The van der Waals surface area contributed by atoms with Crippen molar-refractivity contribution >= 4 is 58.5 Å². The fourth-order valence-corrected chi connectivity index (χ4v) is 10.2. The summed E-state index contributed by atoms with van der Waals surface area (Å²) in [6.07, 6.45) is 11.8. The van der Waals surface area contributed by atoms with Crippen LogP contribution >= 0.6 is 17.0 Å². The SMILES string of the molecule is CCCCc1cc2c(-c3ccccc3CC)c(CC)ccc2[cH-]1.CCCCc1cc2c(-c3ccccc3CC)c(CC)ccc2[cH-]1.[Cl][Zr][Cl].[c-]1cccc2c1[Si]c1ccccc1-2. The standard InChI is InChI=1S/2C23H27.C12H7Si.2ClH.Zr/c2*1-4-7-10-17-15-20-14-13-19(6-3)23(22(20)16-17)21-12-9-8-11-18(21)5-2;1-3-7-11-9(5-1)10-6-2-4-8-12(10)13-11;;;/h2*8-9,11-16H,4-7,10H2,1-3H3;1-7H;2*1H;/q3*-1;;;+2/p-2. The van der Waals surface area contributed by atoms with Crippen molar-refractivity contribution in [2.75, 3.05) is 0 Å². The van der Waals surface area contributed by atoms with Crippen LogP contribution in [-0.4, -0.2) is 9.52 Å². The van der Waals surface area contributed by atoms with Crippen LogP contribution in [-0.2, 0) is 59.4 Å². The van der Waals surface area contributed by atoms with Crippen molar-refractivity contribution in [3.63, 3.8) is 0 Å². The van der Waals surface area contributed by atoms with E-state index in [1.54, 1.807) is 0 Å². The van der Waals surface area contributed by atoms with E-state index in [4.69, 9.17) is 17.0 Å². The Morgan fingerprint density at radius 2 is 0.935 bits per heavy atom. The molecule has 62 heavy (non-hydrogen) atoms. The number of hydrogen-bond donors (Lipinski definition) is 0. The molecule has 4 heteroatoms. The van der Waals surface area contributed by atoms with Crippen LogP contribution in [0.3, 0.4) is 0 Å². The maximum atomic E-state index is 4.93. The zero-order valence-electron chi connectivity index (χ0n) is 37.6. The van der Waals surface area contributed by atoms with Gasteiger partial charge in [-0.2, -0.15) is 41.6 Å². The van der Waals surface area contributed by atoms with Gasteiger partial charge in [0, 0.05) is 0 Å². The van der Waals surface area contributed by atoms with E-state index in [0.717, 1.165) is 35.2 Å². The summed E-state index contributed by atoms with van der Waals surface area (Å²) >= 11 is -0.826. The molecule has 1 heterocycles. The predicted molar refractivity (Wildman–Crippen MR) is 272 cm³/mol. The third kappa shape index (κ3) is 11.5. The van der Waals surface area contributed by atoms with Gasteiger partial charge in [0.25, 0.3) is 0 Å². The number of fused-ring (bicyclic) bond motifs is 5. The summed E-state index contributed by atoms with van der Waals surface area (Å²) in [5, 5.41) is 8.50. The smallest absolute Gasteiger partial charge is 0.0920 e. The van der Waals surface area contributed by atoms with Gasteiger partial charge in [0.2, 0.25) is 0 Å². The molecule has 318 valence electrons. The van der Waals surface area contributed by atoms with Crippen molar-refractivity contribution in [1.82, 2.24) is 0 Å². The maximum absolute atomic E-state index is 4.93. The van der Waals surface area contributed by atoms with E-state index in [9.17, 15) is 0 Å². The summed E-state index contributed by atoms with van der Waals surface area (Å²) in [5.41, 5.74) is 17.3. The molecule has 0 aliphatic carbocycles. The van der Waals surface area contributed by atoms with Crippen LogP contribution in [0.25, 0.3) is 54.9 Å². The van der Waals surface area contributed by atoms with E-state index in [2.05, 4.69) is 181 Å². The molecule has 8 aromatic carbocycles. The molecule has 0 fully saturated rings. The average molecular weight is 948 g/mol. The molecule has 8 aromatic rings. The van der Waals surface area contributed by atoms with Gasteiger partial charge in [-0.05, 0) is 60.8 Å². The summed E-state index contributed by atoms with van der Waals surface area (Å²) in [4.78, 5) is 0. The Hall–Kier alpha value is -3.78. The van der Waals surface area contributed by atoms with Crippen LogP contribution in [0.4, 0.5) is 0 Å². The summed E-state index contributed by atoms with van der Waals surface area (Å²) in [5.74, 6) is 0. The topological polar surface area (TPSA) is 0 Å². The second kappa shape index (κ2) is 24.3. The van der Waals surface area contributed by atoms with Crippen LogP contribution in [0.15, 0.2) is 140 Å². The summed E-state index contributed by atoms with van der Waals surface area (Å²) < 4.78 is 0. The number of rotatable bonds is 12. The minimum Gasteiger partial charge on any atom is -0.184 e. The first kappa shape index (κ1) is 47.7. The van der Waals surface area contributed by atoms with Crippen molar-refractivity contribution in [2.45, 2.75) is 106 Å². The third-order valence-electron chi connectivity index (χ3n) is 12.1. The van der Waals surface area contributed by atoms with Crippen molar-refractivity contribution in [3.05, 3.63) is 179 Å². The summed E-state index contributed by atoms with van der Waals surface area (Å²) in [7, 11) is 10.7. The van der Waals surface area contributed by atoms with Gasteiger partial charge in [-0.25, -0.2) is 0 Å². The monoisotopic (exact) mass is 945 g/mol. The predicted octanol–water partition coefficient (Wildman–Crippen LogP) is 15.9. The van der Waals surface area contributed by atoms with Gasteiger partial charge in [0.05, 0.1) is 9.52 Å². The molecule has 0 unspecified atom stereocenters. The Morgan fingerprint density at radius 3 is 1.40 bits per heavy atom. The van der Waals surface area contributed by atoms with Gasteiger partial charge in [0.15, 0.2) is 0 Å². The Bertz CT molecular complexity index is 2460. The van der Waals surface area contributed by atoms with Gasteiger partial charge < -0.3 is 0 Å². The number of aryl methyl sites for hydroxylation is 6. The molecule has 0 amide bonds. The number of unbranched alkanes of at least 4 members (excludes halogenated alkanes) is 2. The van der Waals surface area contributed by atoms with Crippen LogP contribution in [0, 0.1) is 6.07 Å². The van der Waals surface area contributed by atoms with Gasteiger partial charge in [-0.3, -0.25) is 0 Å². The quantitative estimate of drug-likeness (QED) is 0.0846. The van der Waals surface area contributed by atoms with Crippen molar-refractivity contribution in [1.29, 1.82) is 0 Å². The normalized spacial score (nSPS) is 11.2. The van der Waals surface area contributed by atoms with E-state index >= 15 is 0 Å². The minimum atomic E-state index is -0.826. The molecule has 0 nitrogen and oxygen atoms in total. The third-order valence-corrected chi connectivity index (χ3v) is 13.5. The van der Waals surface area contributed by atoms with Gasteiger partial charge in [-0.1, -0.05) is 173 Å². The largest absolute Gasteiger partial charge is 0.184 e. The van der Waals surface area contributed by atoms with E-state index in [1.165, 1.54) is 137 Å². The fourth-order valence-electron chi connectivity index (χ4n) is 8.93. The molecular formula is C58H61Cl2SiZr-3. The first-order valence-corrected chi connectivity index (χ1v) is 30.2. The minimum absolute atomic E-state index is 0.795. The Morgan fingerprint density at radius 1 is 0.500 bits per heavy atom. The molecule has 0 saturated heterocycles.